The van der Waals surface area contributed by atoms with Crippen molar-refractivity contribution in [2.45, 2.75) is 66.1 Å². The van der Waals surface area contributed by atoms with Crippen molar-refractivity contribution in [3.63, 3.8) is 0 Å². The Balaban J connectivity index is 1.35. The number of hydrogen-bond donors (Lipinski definition) is 6. The van der Waals surface area contributed by atoms with Crippen LogP contribution in [0.2, 0.25) is 0 Å². The van der Waals surface area contributed by atoms with Crippen molar-refractivity contribution in [1.82, 2.24) is 30.0 Å². The van der Waals surface area contributed by atoms with Crippen molar-refractivity contribution < 1.29 is 38.9 Å². The summed E-state index contributed by atoms with van der Waals surface area (Å²) in [5, 5.41) is 32.8. The first-order valence-electron chi connectivity index (χ1n) is 18.1. The number of nitrogens with zero attached hydrogens (tertiary/aromatic N) is 6. The molecular formula is C38H46N10O8. The average molecular weight is 771 g/mol. The molecule has 296 valence electrons. The molecule has 6 rings (SSSR count). The van der Waals surface area contributed by atoms with Crippen LogP contribution in [0.25, 0.3) is 11.0 Å². The molecule has 4 aromatic rings. The maximum absolute atomic E-state index is 13.7. The van der Waals surface area contributed by atoms with Crippen LogP contribution in [-0.2, 0) is 22.6 Å². The highest BCUT2D eigenvalue weighted by molar-refractivity contribution is 6.04. The number of allylic oxidation sites excluding steroid dienone is 2. The summed E-state index contributed by atoms with van der Waals surface area (Å²) in [5.74, 6) is -2.22. The van der Waals surface area contributed by atoms with Crippen LogP contribution in [0, 0.1) is 6.92 Å². The molecule has 18 nitrogen and oxygen atoms in total. The number of hydrogen-bond acceptors (Lipinski definition) is 12. The van der Waals surface area contributed by atoms with Crippen LogP contribution in [0.1, 0.15) is 71.0 Å². The summed E-state index contributed by atoms with van der Waals surface area (Å²) in [6.45, 7) is 9.72. The summed E-state index contributed by atoms with van der Waals surface area (Å²) < 4.78 is 15.1. The molecule has 0 saturated carbocycles. The molecule has 2 aliphatic heterocycles. The Labute approximate surface area is 322 Å². The molecule has 0 bridgehead atoms. The molecule has 2 aromatic heterocycles. The number of imidazole rings is 1. The van der Waals surface area contributed by atoms with Gasteiger partial charge >= 0.3 is 5.97 Å². The monoisotopic (exact) mass is 770 g/mol. The van der Waals surface area contributed by atoms with E-state index in [1.807, 2.05) is 37.8 Å². The molecule has 2 aliphatic rings. The van der Waals surface area contributed by atoms with Gasteiger partial charge in [-0.15, -0.1) is 0 Å². The molecule has 7 N–H and O–H groups in total. The van der Waals surface area contributed by atoms with Gasteiger partial charge in [-0.3, -0.25) is 24.4 Å². The van der Waals surface area contributed by atoms with Gasteiger partial charge in [-0.2, -0.15) is 5.10 Å². The van der Waals surface area contributed by atoms with E-state index in [1.54, 1.807) is 53.2 Å². The van der Waals surface area contributed by atoms with Crippen LogP contribution in [0.3, 0.4) is 0 Å². The van der Waals surface area contributed by atoms with E-state index in [-0.39, 0.29) is 60.8 Å². The number of nitrogens with two attached hydrogens (primary N) is 1. The van der Waals surface area contributed by atoms with E-state index in [2.05, 4.69) is 26.0 Å². The molecule has 4 heterocycles. The van der Waals surface area contributed by atoms with Gasteiger partial charge in [0.05, 0.1) is 40.5 Å². The molecule has 2 aromatic carbocycles. The fraction of sp³-hybridized carbons (Fsp3) is 0.368. The zero-order chi connectivity index (χ0) is 40.5. The number of aryl methyl sites for hydroxylation is 2. The summed E-state index contributed by atoms with van der Waals surface area (Å²) in [7, 11) is 1.77. The lowest BCUT2D eigenvalue weighted by atomic mass is 10.1. The van der Waals surface area contributed by atoms with Gasteiger partial charge in [0.2, 0.25) is 17.6 Å². The predicted molar refractivity (Wildman–Crippen MR) is 207 cm³/mol. The molecule has 0 saturated heterocycles. The summed E-state index contributed by atoms with van der Waals surface area (Å²) in [6.07, 6.45) is 3.51. The molecule has 1 atom stereocenters. The standard InChI is InChI=1S/C38H46N10O8/c1-7-24-31(56-38(4,5)43-24)34(52)41-36-40-25-18-23(32(39)50)20-29(55-16-15-49)30(25)47(36)14-10-9-13-46-26-12-11-22(35(53)54)19-27(26)45(6)37(46)42-33(51)28-17-21(3)44-48(28)8-2/h9-12,17-20,37,43,49H,7-8,13-16H2,1-6H3,(H2,39,50)(H,42,51)(H,53,54)(H,40,41,52)/b10-9+. The summed E-state index contributed by atoms with van der Waals surface area (Å²) in [4.78, 5) is 59.8. The molecular weight excluding hydrogens is 724 g/mol. The number of aliphatic hydroxyl groups excluding tert-OH is 1. The Bertz CT molecular complexity index is 2270. The van der Waals surface area contributed by atoms with Gasteiger partial charge in [-0.25, -0.2) is 9.78 Å². The van der Waals surface area contributed by atoms with Gasteiger partial charge < -0.3 is 50.4 Å². The quantitative estimate of drug-likeness (QED) is 0.0957. The van der Waals surface area contributed by atoms with E-state index in [0.29, 0.717) is 52.5 Å². The first kappa shape index (κ1) is 39.1. The van der Waals surface area contributed by atoms with Gasteiger partial charge in [0.1, 0.15) is 23.6 Å². The number of fused-ring (bicyclic) bond motifs is 2. The van der Waals surface area contributed by atoms with Gasteiger partial charge in [-0.05, 0) is 70.5 Å². The van der Waals surface area contributed by atoms with E-state index in [1.165, 1.54) is 18.2 Å². The molecule has 0 fully saturated rings. The number of aromatic nitrogens is 4. The van der Waals surface area contributed by atoms with Crippen LogP contribution in [0.15, 0.2) is 60.0 Å². The molecule has 1 unspecified atom stereocenters. The van der Waals surface area contributed by atoms with Crippen molar-refractivity contribution in [3.8, 4) is 5.75 Å². The van der Waals surface area contributed by atoms with E-state index >= 15 is 0 Å². The van der Waals surface area contributed by atoms with E-state index < -0.39 is 29.8 Å². The molecule has 3 amide bonds. The number of rotatable bonds is 15. The van der Waals surface area contributed by atoms with Gasteiger partial charge in [0, 0.05) is 32.2 Å². The Kier molecular flexibility index (Phi) is 10.9. The first-order valence-corrected chi connectivity index (χ1v) is 18.1. The Hall–Kier alpha value is -6.56. The third-order valence-corrected chi connectivity index (χ3v) is 9.33. The lowest BCUT2D eigenvalue weighted by Gasteiger charge is -2.30. The normalized spacial score (nSPS) is 15.9. The number of carboxylic acid groups (broad SMARTS) is 1. The highest BCUT2D eigenvalue weighted by Crippen LogP contribution is 2.39. The average Bonchev–Trinajstić information content (AvgIpc) is 3.88. The molecule has 0 spiro atoms. The van der Waals surface area contributed by atoms with Crippen molar-refractivity contribution in [2.24, 2.45) is 5.73 Å². The highest BCUT2D eigenvalue weighted by atomic mass is 16.5. The lowest BCUT2D eigenvalue weighted by molar-refractivity contribution is -0.118. The largest absolute Gasteiger partial charge is 0.489 e. The maximum Gasteiger partial charge on any atom is 0.335 e. The number of amides is 3. The van der Waals surface area contributed by atoms with Crippen LogP contribution < -0.4 is 36.2 Å². The second kappa shape index (κ2) is 15.7. The highest BCUT2D eigenvalue weighted by Gasteiger charge is 2.37. The van der Waals surface area contributed by atoms with Crippen LogP contribution >= 0.6 is 0 Å². The number of carbonyl (C=O) groups is 4. The number of ether oxygens (including phenoxy) is 2. The third-order valence-electron chi connectivity index (χ3n) is 9.33. The van der Waals surface area contributed by atoms with Crippen molar-refractivity contribution in [1.29, 1.82) is 0 Å². The number of benzene rings is 2. The van der Waals surface area contributed by atoms with Crippen LogP contribution in [0.4, 0.5) is 17.3 Å². The Morgan fingerprint density at radius 1 is 1.05 bits per heavy atom. The minimum Gasteiger partial charge on any atom is -0.489 e. The third kappa shape index (κ3) is 7.68. The second-order valence-electron chi connectivity index (χ2n) is 13.8. The van der Waals surface area contributed by atoms with Gasteiger partial charge in [0.15, 0.2) is 12.0 Å². The number of aromatic carboxylic acids is 1. The van der Waals surface area contributed by atoms with Crippen LogP contribution in [-0.4, -0.2) is 92.1 Å². The zero-order valence-electron chi connectivity index (χ0n) is 32.0. The minimum atomic E-state index is -1.08. The van der Waals surface area contributed by atoms with Crippen molar-refractivity contribution >= 4 is 52.0 Å². The number of aliphatic hydroxyl groups is 1. The molecule has 0 radical (unpaired) electrons. The zero-order valence-corrected chi connectivity index (χ0v) is 32.0. The summed E-state index contributed by atoms with van der Waals surface area (Å²) in [6, 6.07) is 9.44. The SMILES string of the molecule is CCC1=C(C(=O)Nc2nc3cc(C(N)=O)cc(OCCO)c3n2C/C=C/CN2c3ccc(C(=O)O)cc3N(C)C2NC(=O)c2cc(C)nn2CC)OC(C)(C)N1. The first-order chi connectivity index (χ1) is 26.7. The van der Waals surface area contributed by atoms with Crippen molar-refractivity contribution in [2.75, 3.05) is 41.9 Å². The molecule has 56 heavy (non-hydrogen) atoms. The van der Waals surface area contributed by atoms with Gasteiger partial charge in [-0.1, -0.05) is 19.1 Å². The van der Waals surface area contributed by atoms with E-state index in [9.17, 15) is 29.4 Å². The molecule has 0 aliphatic carbocycles. The number of carbonyl (C=O) groups excluding carboxylic acids is 3. The van der Waals surface area contributed by atoms with E-state index in [4.69, 9.17) is 15.2 Å². The van der Waals surface area contributed by atoms with Gasteiger partial charge in [0.25, 0.3) is 11.8 Å². The number of anilines is 3. The number of primary amides is 1. The number of carboxylic acids is 1. The van der Waals surface area contributed by atoms with Crippen molar-refractivity contribution in [3.05, 3.63) is 82.5 Å². The Morgan fingerprint density at radius 2 is 1.80 bits per heavy atom. The summed E-state index contributed by atoms with van der Waals surface area (Å²) in [5.41, 5.74) is 8.80. The predicted octanol–water partition coefficient (Wildman–Crippen LogP) is 2.87. The Morgan fingerprint density at radius 3 is 2.48 bits per heavy atom. The molecule has 18 heteroatoms. The second-order valence-corrected chi connectivity index (χ2v) is 13.8. The van der Waals surface area contributed by atoms with Crippen LogP contribution in [0.5, 0.6) is 5.75 Å². The number of nitrogens with one attached hydrogen (secondary N) is 3. The smallest absolute Gasteiger partial charge is 0.335 e. The van der Waals surface area contributed by atoms with E-state index in [0.717, 1.165) is 0 Å². The summed E-state index contributed by atoms with van der Waals surface area (Å²) >= 11 is 0. The topological polar surface area (TPSA) is 231 Å². The fourth-order valence-corrected chi connectivity index (χ4v) is 6.82. The lowest BCUT2D eigenvalue weighted by Crippen LogP contribution is -2.54. The maximum atomic E-state index is 13.7. The fourth-order valence-electron chi connectivity index (χ4n) is 6.82. The minimum absolute atomic E-state index is 0.0848.